The number of halogens is 1. The number of methoxy groups -OCH3 is 1. The molecule has 0 saturated carbocycles. The van der Waals surface area contributed by atoms with Crippen molar-refractivity contribution in [3.05, 3.63) is 29.6 Å². The summed E-state index contributed by atoms with van der Waals surface area (Å²) in [5.41, 5.74) is 0.109. The van der Waals surface area contributed by atoms with Gasteiger partial charge in [0, 0.05) is 25.8 Å². The summed E-state index contributed by atoms with van der Waals surface area (Å²) in [6.07, 6.45) is 0.789. The van der Waals surface area contributed by atoms with Crippen molar-refractivity contribution in [2.75, 3.05) is 20.3 Å². The summed E-state index contributed by atoms with van der Waals surface area (Å²) in [7, 11) is 1.56. The van der Waals surface area contributed by atoms with E-state index in [0.29, 0.717) is 13.2 Å². The molecule has 5 heteroatoms. The molecular formula is C14H20FNO3. The number of nitrogens with zero attached hydrogens (tertiary/aromatic N) is 1. The van der Waals surface area contributed by atoms with Gasteiger partial charge in [-0.3, -0.25) is 4.79 Å². The molecule has 0 aliphatic carbocycles. The number of carbonyl (C=O) groups is 1. The summed E-state index contributed by atoms with van der Waals surface area (Å²) in [5, 5.41) is 9.67. The second kappa shape index (κ2) is 7.09. The number of phenols is 1. The van der Waals surface area contributed by atoms with Crippen LogP contribution in [-0.4, -0.2) is 42.2 Å². The van der Waals surface area contributed by atoms with Crippen molar-refractivity contribution in [3.63, 3.8) is 0 Å². The molecule has 1 amide bonds. The van der Waals surface area contributed by atoms with Crippen LogP contribution in [0, 0.1) is 5.82 Å². The first-order chi connectivity index (χ1) is 9.01. The van der Waals surface area contributed by atoms with E-state index in [1.807, 2.05) is 13.8 Å². The van der Waals surface area contributed by atoms with Gasteiger partial charge in [-0.2, -0.15) is 0 Å². The number of amides is 1. The summed E-state index contributed by atoms with van der Waals surface area (Å²) in [4.78, 5) is 14.0. The molecule has 1 unspecified atom stereocenters. The number of rotatable bonds is 6. The Kier molecular flexibility index (Phi) is 5.76. The van der Waals surface area contributed by atoms with Crippen LogP contribution in [-0.2, 0) is 4.74 Å². The maximum Gasteiger partial charge on any atom is 0.257 e. The van der Waals surface area contributed by atoms with E-state index in [-0.39, 0.29) is 23.3 Å². The van der Waals surface area contributed by atoms with Gasteiger partial charge in [0.05, 0.1) is 12.2 Å². The van der Waals surface area contributed by atoms with Crippen LogP contribution in [0.4, 0.5) is 4.39 Å². The molecule has 0 radical (unpaired) electrons. The Labute approximate surface area is 112 Å². The molecule has 19 heavy (non-hydrogen) atoms. The van der Waals surface area contributed by atoms with Gasteiger partial charge >= 0.3 is 0 Å². The van der Waals surface area contributed by atoms with Gasteiger partial charge in [0.1, 0.15) is 11.6 Å². The lowest BCUT2D eigenvalue weighted by atomic mass is 10.1. The highest BCUT2D eigenvalue weighted by Gasteiger charge is 2.22. The van der Waals surface area contributed by atoms with Crippen LogP contribution in [0.25, 0.3) is 0 Å². The van der Waals surface area contributed by atoms with Gasteiger partial charge in [-0.05, 0) is 25.5 Å². The lowest BCUT2D eigenvalue weighted by Gasteiger charge is -2.28. The zero-order chi connectivity index (χ0) is 14.4. The summed E-state index contributed by atoms with van der Waals surface area (Å²) in [5.74, 6) is -1.22. The minimum Gasteiger partial charge on any atom is -0.507 e. The molecule has 106 valence electrons. The maximum absolute atomic E-state index is 12.9. The fraction of sp³-hybridized carbons (Fsp3) is 0.500. The fourth-order valence-electron chi connectivity index (χ4n) is 1.77. The van der Waals surface area contributed by atoms with Gasteiger partial charge in [-0.1, -0.05) is 6.92 Å². The highest BCUT2D eigenvalue weighted by molar-refractivity contribution is 5.97. The van der Waals surface area contributed by atoms with Crippen molar-refractivity contribution in [1.29, 1.82) is 0 Å². The first kappa shape index (κ1) is 15.4. The molecule has 0 saturated heterocycles. The van der Waals surface area contributed by atoms with Crippen LogP contribution in [0.5, 0.6) is 5.75 Å². The molecule has 0 heterocycles. The van der Waals surface area contributed by atoms with E-state index in [1.54, 1.807) is 12.0 Å². The lowest BCUT2D eigenvalue weighted by Crippen LogP contribution is -2.40. The summed E-state index contributed by atoms with van der Waals surface area (Å²) in [6.45, 7) is 4.75. The predicted octanol–water partition coefficient (Wildman–Crippen LogP) is 2.42. The molecule has 1 N–H and O–H groups in total. The van der Waals surface area contributed by atoms with Crippen molar-refractivity contribution in [3.8, 4) is 5.75 Å². The Morgan fingerprint density at radius 2 is 2.21 bits per heavy atom. The minimum absolute atomic E-state index is 0.0205. The molecule has 0 spiro atoms. The van der Waals surface area contributed by atoms with Crippen LogP contribution in [0.1, 0.15) is 30.6 Å². The zero-order valence-electron chi connectivity index (χ0n) is 11.5. The molecule has 1 rings (SSSR count). The van der Waals surface area contributed by atoms with E-state index in [0.717, 1.165) is 18.6 Å². The Bertz CT molecular complexity index is 437. The molecule has 0 aliphatic rings. The van der Waals surface area contributed by atoms with Crippen LogP contribution in [0.15, 0.2) is 18.2 Å². The van der Waals surface area contributed by atoms with Gasteiger partial charge in [0.25, 0.3) is 5.91 Å². The normalized spacial score (nSPS) is 12.2. The number of phenolic OH excluding ortho intramolecular Hbond substituents is 1. The third-order valence-electron chi connectivity index (χ3n) is 3.11. The summed E-state index contributed by atoms with van der Waals surface area (Å²) >= 11 is 0. The monoisotopic (exact) mass is 269 g/mol. The Morgan fingerprint density at radius 1 is 1.53 bits per heavy atom. The Hall–Kier alpha value is -1.62. The smallest absolute Gasteiger partial charge is 0.257 e. The van der Waals surface area contributed by atoms with Gasteiger partial charge in [-0.15, -0.1) is 0 Å². The van der Waals surface area contributed by atoms with Crippen LogP contribution in [0.2, 0.25) is 0 Å². The van der Waals surface area contributed by atoms with E-state index in [1.165, 1.54) is 6.07 Å². The third kappa shape index (κ3) is 3.92. The molecule has 0 aromatic heterocycles. The first-order valence-electron chi connectivity index (χ1n) is 6.29. The van der Waals surface area contributed by atoms with Gasteiger partial charge in [-0.25, -0.2) is 4.39 Å². The van der Waals surface area contributed by atoms with Crippen LogP contribution in [0.3, 0.4) is 0 Å². The second-order valence-corrected chi connectivity index (χ2v) is 4.41. The SMILES string of the molecule is CCC(C)N(CCOC)C(=O)c1ccc(F)cc1O. The van der Waals surface area contributed by atoms with Crippen molar-refractivity contribution in [1.82, 2.24) is 4.90 Å². The molecule has 1 atom stereocenters. The number of ether oxygens (including phenoxy) is 1. The van der Waals surface area contributed by atoms with E-state index in [9.17, 15) is 14.3 Å². The number of carbonyl (C=O) groups excluding carboxylic acids is 1. The van der Waals surface area contributed by atoms with Crippen molar-refractivity contribution >= 4 is 5.91 Å². The molecule has 0 fully saturated rings. The van der Waals surface area contributed by atoms with Gasteiger partial charge < -0.3 is 14.7 Å². The highest BCUT2D eigenvalue weighted by Crippen LogP contribution is 2.21. The highest BCUT2D eigenvalue weighted by atomic mass is 19.1. The van der Waals surface area contributed by atoms with Crippen molar-refractivity contribution in [2.24, 2.45) is 0 Å². The van der Waals surface area contributed by atoms with Gasteiger partial charge in [0.2, 0.25) is 0 Å². The average Bonchev–Trinajstić information content (AvgIpc) is 2.38. The topological polar surface area (TPSA) is 49.8 Å². The molecular weight excluding hydrogens is 249 g/mol. The fourth-order valence-corrected chi connectivity index (χ4v) is 1.77. The second-order valence-electron chi connectivity index (χ2n) is 4.41. The zero-order valence-corrected chi connectivity index (χ0v) is 11.5. The Balaban J connectivity index is 2.97. The maximum atomic E-state index is 12.9. The average molecular weight is 269 g/mol. The number of aromatic hydroxyl groups is 1. The number of benzene rings is 1. The van der Waals surface area contributed by atoms with Crippen molar-refractivity contribution < 1.29 is 19.0 Å². The summed E-state index contributed by atoms with van der Waals surface area (Å²) < 4.78 is 17.9. The lowest BCUT2D eigenvalue weighted by molar-refractivity contribution is 0.0611. The van der Waals surface area contributed by atoms with E-state index in [2.05, 4.69) is 0 Å². The summed E-state index contributed by atoms with van der Waals surface area (Å²) in [6, 6.07) is 3.43. The van der Waals surface area contributed by atoms with Crippen LogP contribution >= 0.6 is 0 Å². The van der Waals surface area contributed by atoms with Gasteiger partial charge in [0.15, 0.2) is 0 Å². The van der Waals surface area contributed by atoms with Crippen molar-refractivity contribution in [2.45, 2.75) is 26.3 Å². The van der Waals surface area contributed by atoms with E-state index >= 15 is 0 Å². The standard InChI is InChI=1S/C14H20FNO3/c1-4-10(2)16(7-8-19-3)14(18)12-6-5-11(15)9-13(12)17/h5-6,9-10,17H,4,7-8H2,1-3H3. The molecule has 1 aromatic rings. The minimum atomic E-state index is -0.568. The molecule has 1 aromatic carbocycles. The molecule has 0 aliphatic heterocycles. The number of hydrogen-bond donors (Lipinski definition) is 1. The predicted molar refractivity (Wildman–Crippen MR) is 70.7 cm³/mol. The first-order valence-corrected chi connectivity index (χ1v) is 6.29. The number of hydrogen-bond acceptors (Lipinski definition) is 3. The quantitative estimate of drug-likeness (QED) is 0.862. The largest absolute Gasteiger partial charge is 0.507 e. The Morgan fingerprint density at radius 3 is 2.74 bits per heavy atom. The van der Waals surface area contributed by atoms with E-state index < -0.39 is 5.82 Å². The van der Waals surface area contributed by atoms with E-state index in [4.69, 9.17) is 4.74 Å². The van der Waals surface area contributed by atoms with Crippen LogP contribution < -0.4 is 0 Å². The third-order valence-corrected chi connectivity index (χ3v) is 3.11. The molecule has 0 bridgehead atoms. The molecule has 4 nitrogen and oxygen atoms in total.